The van der Waals surface area contributed by atoms with Crippen LogP contribution in [0.4, 0.5) is 4.39 Å². The molecular weight excluding hydrogens is 247 g/mol. The van der Waals surface area contributed by atoms with E-state index < -0.39 is 11.9 Å². The summed E-state index contributed by atoms with van der Waals surface area (Å²) in [5.41, 5.74) is 1.45. The number of benzene rings is 1. The quantitative estimate of drug-likeness (QED) is 0.890. The minimum Gasteiger partial charge on any atom is -0.481 e. The predicted molar refractivity (Wildman–Crippen MR) is 69.2 cm³/mol. The third-order valence-corrected chi connectivity index (χ3v) is 2.98. The number of aromatic amines is 1. The number of nitrogens with one attached hydrogen (secondary N) is 1. The number of aliphatic carboxylic acids is 1. The summed E-state index contributed by atoms with van der Waals surface area (Å²) >= 11 is 0. The van der Waals surface area contributed by atoms with Gasteiger partial charge in [-0.3, -0.25) is 4.79 Å². The van der Waals surface area contributed by atoms with E-state index in [0.29, 0.717) is 11.5 Å². The number of carboxylic acid groups (broad SMARTS) is 1. The first-order valence-electron chi connectivity index (χ1n) is 6.02. The first kappa shape index (κ1) is 13.3. The predicted octanol–water partition coefficient (Wildman–Crippen LogP) is 3.04. The van der Waals surface area contributed by atoms with E-state index in [9.17, 15) is 14.3 Å². The molecule has 0 radical (unpaired) electrons. The van der Waals surface area contributed by atoms with Crippen LogP contribution in [-0.2, 0) is 4.79 Å². The fourth-order valence-electron chi connectivity index (χ4n) is 1.99. The average molecular weight is 262 g/mol. The Morgan fingerprint density at radius 2 is 1.95 bits per heavy atom. The number of halogens is 1. The van der Waals surface area contributed by atoms with E-state index in [1.54, 1.807) is 18.3 Å². The van der Waals surface area contributed by atoms with Gasteiger partial charge in [0, 0.05) is 0 Å². The second kappa shape index (κ2) is 5.22. The van der Waals surface area contributed by atoms with Gasteiger partial charge in [0.15, 0.2) is 0 Å². The molecule has 0 aliphatic rings. The Balaban J connectivity index is 2.32. The third kappa shape index (κ3) is 2.81. The van der Waals surface area contributed by atoms with Gasteiger partial charge in [0.05, 0.1) is 11.9 Å². The minimum absolute atomic E-state index is 0.0651. The van der Waals surface area contributed by atoms with Gasteiger partial charge in [-0.15, -0.1) is 0 Å². The molecule has 1 atom stereocenters. The van der Waals surface area contributed by atoms with Crippen molar-refractivity contribution in [1.29, 1.82) is 0 Å². The fraction of sp³-hybridized carbons (Fsp3) is 0.286. The van der Waals surface area contributed by atoms with E-state index in [1.807, 2.05) is 13.8 Å². The first-order chi connectivity index (χ1) is 8.99. The van der Waals surface area contributed by atoms with Gasteiger partial charge in [-0.2, -0.15) is 0 Å². The molecule has 100 valence electrons. The van der Waals surface area contributed by atoms with E-state index in [2.05, 4.69) is 9.97 Å². The molecule has 0 saturated carbocycles. The normalized spacial score (nSPS) is 12.6. The second-order valence-corrected chi connectivity index (χ2v) is 4.75. The lowest BCUT2D eigenvalue weighted by Crippen LogP contribution is -2.18. The van der Waals surface area contributed by atoms with Gasteiger partial charge in [-0.25, -0.2) is 9.37 Å². The molecule has 19 heavy (non-hydrogen) atoms. The van der Waals surface area contributed by atoms with Gasteiger partial charge in [-0.1, -0.05) is 13.8 Å². The third-order valence-electron chi connectivity index (χ3n) is 2.98. The summed E-state index contributed by atoms with van der Waals surface area (Å²) < 4.78 is 12.8. The smallest absolute Gasteiger partial charge is 0.314 e. The first-order valence-corrected chi connectivity index (χ1v) is 6.02. The molecule has 0 saturated heterocycles. The van der Waals surface area contributed by atoms with Crippen LogP contribution >= 0.6 is 0 Å². The lowest BCUT2D eigenvalue weighted by atomic mass is 9.95. The van der Waals surface area contributed by atoms with Gasteiger partial charge in [0.25, 0.3) is 0 Å². The van der Waals surface area contributed by atoms with Crippen LogP contribution in [-0.4, -0.2) is 21.0 Å². The van der Waals surface area contributed by atoms with E-state index in [4.69, 9.17) is 0 Å². The van der Waals surface area contributed by atoms with E-state index >= 15 is 0 Å². The molecule has 5 heteroatoms. The van der Waals surface area contributed by atoms with E-state index in [0.717, 1.165) is 5.56 Å². The summed E-state index contributed by atoms with van der Waals surface area (Å²) in [6.07, 6.45) is 1.57. The van der Waals surface area contributed by atoms with Crippen molar-refractivity contribution in [3.63, 3.8) is 0 Å². The van der Waals surface area contributed by atoms with Gasteiger partial charge in [-0.05, 0) is 35.7 Å². The fourth-order valence-corrected chi connectivity index (χ4v) is 1.99. The van der Waals surface area contributed by atoms with Gasteiger partial charge in [0.1, 0.15) is 17.6 Å². The van der Waals surface area contributed by atoms with Gasteiger partial charge >= 0.3 is 5.97 Å². The molecule has 2 aromatic rings. The van der Waals surface area contributed by atoms with Crippen molar-refractivity contribution in [2.24, 2.45) is 5.92 Å². The number of carboxylic acids is 1. The lowest BCUT2D eigenvalue weighted by molar-refractivity contribution is -0.140. The number of aromatic nitrogens is 2. The summed E-state index contributed by atoms with van der Waals surface area (Å²) in [6, 6.07) is 5.95. The van der Waals surface area contributed by atoms with Crippen molar-refractivity contribution >= 4 is 5.97 Å². The number of rotatable bonds is 4. The maximum absolute atomic E-state index is 12.8. The Bertz CT molecular complexity index is 575. The molecule has 1 aromatic heterocycles. The second-order valence-electron chi connectivity index (χ2n) is 4.75. The van der Waals surface area contributed by atoms with Crippen molar-refractivity contribution < 1.29 is 14.3 Å². The SMILES string of the molecule is CC(C)C(C(=O)O)c1ncc(-c2ccc(F)cc2)[nH]1. The number of hydrogen-bond donors (Lipinski definition) is 2. The zero-order valence-corrected chi connectivity index (χ0v) is 10.7. The highest BCUT2D eigenvalue weighted by Gasteiger charge is 2.26. The molecular formula is C14H15FN2O2. The van der Waals surface area contributed by atoms with Gasteiger partial charge < -0.3 is 10.1 Å². The summed E-state index contributed by atoms with van der Waals surface area (Å²) in [7, 11) is 0. The highest BCUT2D eigenvalue weighted by Crippen LogP contribution is 2.25. The lowest BCUT2D eigenvalue weighted by Gasteiger charge is -2.13. The molecule has 0 aliphatic heterocycles. The van der Waals surface area contributed by atoms with Crippen LogP contribution in [0.3, 0.4) is 0 Å². The number of imidazole rings is 1. The molecule has 0 amide bonds. The Morgan fingerprint density at radius 1 is 1.32 bits per heavy atom. The van der Waals surface area contributed by atoms with Crippen molar-refractivity contribution in [3.8, 4) is 11.3 Å². The number of H-pyrrole nitrogens is 1. The van der Waals surface area contributed by atoms with Crippen LogP contribution in [0.5, 0.6) is 0 Å². The molecule has 1 aromatic carbocycles. The summed E-state index contributed by atoms with van der Waals surface area (Å²) in [6.45, 7) is 3.66. The number of carbonyl (C=O) groups is 1. The molecule has 4 nitrogen and oxygen atoms in total. The van der Waals surface area contributed by atoms with Crippen LogP contribution in [0.1, 0.15) is 25.6 Å². The number of nitrogens with zero attached hydrogens (tertiary/aromatic N) is 1. The highest BCUT2D eigenvalue weighted by molar-refractivity contribution is 5.75. The molecule has 0 aliphatic carbocycles. The molecule has 1 heterocycles. The summed E-state index contributed by atoms with van der Waals surface area (Å²) in [4.78, 5) is 18.3. The molecule has 0 spiro atoms. The molecule has 1 unspecified atom stereocenters. The largest absolute Gasteiger partial charge is 0.481 e. The van der Waals surface area contributed by atoms with Crippen molar-refractivity contribution in [1.82, 2.24) is 9.97 Å². The monoisotopic (exact) mass is 262 g/mol. The van der Waals surface area contributed by atoms with Crippen molar-refractivity contribution in [2.45, 2.75) is 19.8 Å². The molecule has 0 bridgehead atoms. The Kier molecular flexibility index (Phi) is 3.64. The zero-order chi connectivity index (χ0) is 14.0. The van der Waals surface area contributed by atoms with Crippen LogP contribution in [0.2, 0.25) is 0 Å². The molecule has 2 rings (SSSR count). The summed E-state index contributed by atoms with van der Waals surface area (Å²) in [5, 5.41) is 9.20. The topological polar surface area (TPSA) is 66.0 Å². The maximum Gasteiger partial charge on any atom is 0.314 e. The van der Waals surface area contributed by atoms with Crippen LogP contribution in [0.25, 0.3) is 11.3 Å². The minimum atomic E-state index is -0.907. The van der Waals surface area contributed by atoms with Gasteiger partial charge in [0.2, 0.25) is 0 Å². The number of hydrogen-bond acceptors (Lipinski definition) is 2. The van der Waals surface area contributed by atoms with Crippen molar-refractivity contribution in [3.05, 3.63) is 42.1 Å². The average Bonchev–Trinajstić information content (AvgIpc) is 2.78. The maximum atomic E-state index is 12.8. The highest BCUT2D eigenvalue weighted by atomic mass is 19.1. The van der Waals surface area contributed by atoms with E-state index in [-0.39, 0.29) is 11.7 Å². The standard InChI is InChI=1S/C14H15FN2O2/c1-8(2)12(14(18)19)13-16-7-11(17-13)9-3-5-10(15)6-4-9/h3-8,12H,1-2H3,(H,16,17)(H,18,19). The van der Waals surface area contributed by atoms with E-state index in [1.165, 1.54) is 12.1 Å². The zero-order valence-electron chi connectivity index (χ0n) is 10.7. The molecule has 2 N–H and O–H groups in total. The van der Waals surface area contributed by atoms with Crippen LogP contribution in [0.15, 0.2) is 30.5 Å². The Labute approximate surface area is 110 Å². The Morgan fingerprint density at radius 3 is 2.47 bits per heavy atom. The van der Waals surface area contributed by atoms with Crippen molar-refractivity contribution in [2.75, 3.05) is 0 Å². The Hall–Kier alpha value is -2.17. The van der Waals surface area contributed by atoms with Crippen LogP contribution < -0.4 is 0 Å². The van der Waals surface area contributed by atoms with Crippen LogP contribution in [0, 0.1) is 11.7 Å². The summed E-state index contributed by atoms with van der Waals surface area (Å²) in [5.74, 6) is -1.54. The molecule has 0 fully saturated rings.